The van der Waals surface area contributed by atoms with Crippen LogP contribution in [0.3, 0.4) is 0 Å². The van der Waals surface area contributed by atoms with Gasteiger partial charge in [-0.1, -0.05) is 15.9 Å². The van der Waals surface area contributed by atoms with Gasteiger partial charge in [-0.25, -0.2) is 4.39 Å². The molecule has 0 N–H and O–H groups in total. The Labute approximate surface area is 90.2 Å². The summed E-state index contributed by atoms with van der Waals surface area (Å²) >= 11 is 3.25. The molecule has 0 aliphatic rings. The first-order chi connectivity index (χ1) is 6.56. The number of rotatable bonds is 2. The number of halogens is 2. The minimum absolute atomic E-state index is 0.362. The van der Waals surface area contributed by atoms with E-state index in [9.17, 15) is 9.18 Å². The third-order valence-corrected chi connectivity index (χ3v) is 2.70. The Morgan fingerprint density at radius 3 is 2.79 bits per heavy atom. The van der Waals surface area contributed by atoms with E-state index in [0.29, 0.717) is 10.0 Å². The van der Waals surface area contributed by atoms with E-state index in [2.05, 4.69) is 20.7 Å². The van der Waals surface area contributed by atoms with Crippen molar-refractivity contribution in [1.82, 2.24) is 0 Å². The maximum Gasteiger partial charge on any atom is 0.312 e. The Hall–Kier alpha value is -0.900. The second kappa shape index (κ2) is 4.55. The van der Waals surface area contributed by atoms with Gasteiger partial charge in [-0.2, -0.15) is 0 Å². The van der Waals surface area contributed by atoms with Crippen molar-refractivity contribution in [1.29, 1.82) is 0 Å². The van der Waals surface area contributed by atoms with Crippen molar-refractivity contribution in [3.63, 3.8) is 0 Å². The van der Waals surface area contributed by atoms with Crippen LogP contribution in [0.5, 0.6) is 0 Å². The van der Waals surface area contributed by atoms with E-state index in [0.717, 1.165) is 0 Å². The van der Waals surface area contributed by atoms with Gasteiger partial charge >= 0.3 is 5.97 Å². The van der Waals surface area contributed by atoms with Crippen LogP contribution in [0, 0.1) is 5.82 Å². The van der Waals surface area contributed by atoms with Gasteiger partial charge in [0.05, 0.1) is 13.0 Å². The third-order valence-electron chi connectivity index (χ3n) is 1.98. The van der Waals surface area contributed by atoms with Crippen LogP contribution in [0.25, 0.3) is 0 Å². The average Bonchev–Trinajstić information content (AvgIpc) is 2.19. The first-order valence-corrected chi connectivity index (χ1v) is 4.88. The molecule has 1 rings (SSSR count). The first-order valence-electron chi connectivity index (χ1n) is 4.09. The molecule has 14 heavy (non-hydrogen) atoms. The monoisotopic (exact) mass is 260 g/mol. The molecular weight excluding hydrogens is 251 g/mol. The lowest BCUT2D eigenvalue weighted by molar-refractivity contribution is -0.142. The summed E-state index contributed by atoms with van der Waals surface area (Å²) in [6.45, 7) is 1.67. The van der Waals surface area contributed by atoms with Crippen LogP contribution < -0.4 is 0 Å². The lowest BCUT2D eigenvalue weighted by Crippen LogP contribution is -2.11. The molecule has 0 aliphatic heterocycles. The maximum absolute atomic E-state index is 12.9. The standard InChI is InChI=1S/C10H10BrFO2/c1-6(10(13)14-2)8-5-7(12)3-4-9(8)11/h3-6H,1-2H3. The smallest absolute Gasteiger partial charge is 0.312 e. The molecule has 1 unspecified atom stereocenters. The van der Waals surface area contributed by atoms with Gasteiger partial charge in [0.15, 0.2) is 0 Å². The molecule has 0 heterocycles. The molecule has 0 amide bonds. The van der Waals surface area contributed by atoms with Gasteiger partial charge in [0.25, 0.3) is 0 Å². The third kappa shape index (κ3) is 2.32. The van der Waals surface area contributed by atoms with Crippen molar-refractivity contribution in [2.75, 3.05) is 7.11 Å². The number of esters is 1. The van der Waals surface area contributed by atoms with Crippen molar-refractivity contribution < 1.29 is 13.9 Å². The van der Waals surface area contributed by atoms with E-state index in [4.69, 9.17) is 0 Å². The lowest BCUT2D eigenvalue weighted by atomic mass is 10.0. The highest BCUT2D eigenvalue weighted by Gasteiger charge is 2.18. The van der Waals surface area contributed by atoms with Gasteiger partial charge < -0.3 is 4.74 Å². The zero-order valence-corrected chi connectivity index (χ0v) is 9.47. The van der Waals surface area contributed by atoms with Crippen LogP contribution in [0.4, 0.5) is 4.39 Å². The predicted molar refractivity (Wildman–Crippen MR) is 54.5 cm³/mol. The number of methoxy groups -OCH3 is 1. The molecule has 0 radical (unpaired) electrons. The van der Waals surface area contributed by atoms with Gasteiger partial charge in [-0.15, -0.1) is 0 Å². The number of carbonyl (C=O) groups excluding carboxylic acids is 1. The summed E-state index contributed by atoms with van der Waals surface area (Å²) in [5, 5.41) is 0. The Kier molecular flexibility index (Phi) is 3.63. The van der Waals surface area contributed by atoms with Gasteiger partial charge in [0.1, 0.15) is 5.82 Å². The minimum atomic E-state index is -0.468. The van der Waals surface area contributed by atoms with Crippen molar-refractivity contribution in [3.05, 3.63) is 34.1 Å². The van der Waals surface area contributed by atoms with Crippen molar-refractivity contribution >= 4 is 21.9 Å². The number of carbonyl (C=O) groups is 1. The van der Waals surface area contributed by atoms with Gasteiger partial charge in [0.2, 0.25) is 0 Å². The Bertz CT molecular complexity index is 352. The second-order valence-corrected chi connectivity index (χ2v) is 3.77. The van der Waals surface area contributed by atoms with Gasteiger partial charge in [-0.05, 0) is 30.7 Å². The Morgan fingerprint density at radius 1 is 1.57 bits per heavy atom. The van der Waals surface area contributed by atoms with Crippen LogP contribution in [0.15, 0.2) is 22.7 Å². The van der Waals surface area contributed by atoms with Crippen LogP contribution in [-0.2, 0) is 9.53 Å². The molecule has 4 heteroatoms. The molecule has 0 aromatic heterocycles. The summed E-state index contributed by atoms with van der Waals surface area (Å²) in [5.41, 5.74) is 0.594. The molecule has 2 nitrogen and oxygen atoms in total. The molecule has 0 saturated carbocycles. The summed E-state index contributed by atoms with van der Waals surface area (Å²) in [5.74, 6) is -1.21. The van der Waals surface area contributed by atoms with Crippen LogP contribution in [0.2, 0.25) is 0 Å². The summed E-state index contributed by atoms with van der Waals surface area (Å²) in [7, 11) is 1.31. The van der Waals surface area contributed by atoms with E-state index in [1.165, 1.54) is 19.2 Å². The highest BCUT2D eigenvalue weighted by atomic mass is 79.9. The molecular formula is C10H10BrFO2. The Balaban J connectivity index is 3.05. The van der Waals surface area contributed by atoms with E-state index in [-0.39, 0.29) is 11.8 Å². The van der Waals surface area contributed by atoms with Crippen LogP contribution >= 0.6 is 15.9 Å². The number of hydrogen-bond acceptors (Lipinski definition) is 2. The lowest BCUT2D eigenvalue weighted by Gasteiger charge is -2.11. The molecule has 76 valence electrons. The second-order valence-electron chi connectivity index (χ2n) is 2.91. The SMILES string of the molecule is COC(=O)C(C)c1cc(F)ccc1Br. The number of benzene rings is 1. The molecule has 0 fully saturated rings. The largest absolute Gasteiger partial charge is 0.469 e. The topological polar surface area (TPSA) is 26.3 Å². The predicted octanol–water partition coefficient (Wildman–Crippen LogP) is 2.86. The minimum Gasteiger partial charge on any atom is -0.469 e. The van der Waals surface area contributed by atoms with Crippen molar-refractivity contribution in [3.8, 4) is 0 Å². The highest BCUT2D eigenvalue weighted by molar-refractivity contribution is 9.10. The fourth-order valence-corrected chi connectivity index (χ4v) is 1.74. The summed E-state index contributed by atoms with van der Waals surface area (Å²) < 4.78 is 18.2. The van der Waals surface area contributed by atoms with E-state index >= 15 is 0 Å². The van der Waals surface area contributed by atoms with Crippen LogP contribution in [-0.4, -0.2) is 13.1 Å². The molecule has 0 aliphatic carbocycles. The van der Waals surface area contributed by atoms with Crippen LogP contribution in [0.1, 0.15) is 18.4 Å². The van der Waals surface area contributed by atoms with Gasteiger partial charge in [0, 0.05) is 4.47 Å². The van der Waals surface area contributed by atoms with E-state index in [1.807, 2.05) is 0 Å². The van der Waals surface area contributed by atoms with Gasteiger partial charge in [-0.3, -0.25) is 4.79 Å². The molecule has 1 aromatic carbocycles. The van der Waals surface area contributed by atoms with E-state index < -0.39 is 5.92 Å². The Morgan fingerprint density at radius 2 is 2.21 bits per heavy atom. The number of ether oxygens (including phenoxy) is 1. The average molecular weight is 261 g/mol. The van der Waals surface area contributed by atoms with Crippen molar-refractivity contribution in [2.24, 2.45) is 0 Å². The molecule has 0 saturated heterocycles. The zero-order chi connectivity index (χ0) is 10.7. The summed E-state index contributed by atoms with van der Waals surface area (Å²) in [6, 6.07) is 4.23. The highest BCUT2D eigenvalue weighted by Crippen LogP contribution is 2.26. The number of hydrogen-bond donors (Lipinski definition) is 0. The molecule has 0 spiro atoms. The molecule has 1 atom stereocenters. The molecule has 1 aromatic rings. The first kappa shape index (κ1) is 11.2. The normalized spacial score (nSPS) is 12.3. The summed E-state index contributed by atoms with van der Waals surface area (Å²) in [4.78, 5) is 11.2. The van der Waals surface area contributed by atoms with Crippen molar-refractivity contribution in [2.45, 2.75) is 12.8 Å². The zero-order valence-electron chi connectivity index (χ0n) is 7.88. The fourth-order valence-electron chi connectivity index (χ4n) is 1.15. The summed E-state index contributed by atoms with van der Waals surface area (Å²) in [6.07, 6.45) is 0. The quantitative estimate of drug-likeness (QED) is 0.765. The fraction of sp³-hybridized carbons (Fsp3) is 0.300. The van der Waals surface area contributed by atoms with E-state index in [1.54, 1.807) is 13.0 Å². The maximum atomic E-state index is 12.9. The molecule has 0 bridgehead atoms.